The zero-order chi connectivity index (χ0) is 10.8. The molecule has 0 amide bonds. The lowest BCUT2D eigenvalue weighted by molar-refractivity contribution is -0.0331. The maximum atomic E-state index is 8.87. The van der Waals surface area contributed by atoms with Crippen LogP contribution in [0.25, 0.3) is 0 Å². The van der Waals surface area contributed by atoms with Crippen molar-refractivity contribution in [1.29, 1.82) is 0 Å². The Bertz CT molecular complexity index is 121. The van der Waals surface area contributed by atoms with Gasteiger partial charge in [0.2, 0.25) is 0 Å². The molecule has 0 bridgehead atoms. The Morgan fingerprint density at radius 1 is 1.21 bits per heavy atom. The topological polar surface area (TPSA) is 73.9 Å². The second kappa shape index (κ2) is 9.36. The van der Waals surface area contributed by atoms with E-state index in [1.165, 1.54) is 0 Å². The minimum atomic E-state index is -0.305. The molecule has 14 heavy (non-hydrogen) atoms. The SMILES string of the molecule is COCCOCCOC(CO)C(C)N. The molecule has 3 N–H and O–H groups in total. The van der Waals surface area contributed by atoms with E-state index in [-0.39, 0.29) is 18.8 Å². The van der Waals surface area contributed by atoms with Gasteiger partial charge in [0.1, 0.15) is 0 Å². The van der Waals surface area contributed by atoms with Crippen LogP contribution in [0.4, 0.5) is 0 Å². The number of hydrogen-bond donors (Lipinski definition) is 2. The van der Waals surface area contributed by atoms with Gasteiger partial charge in [0.05, 0.1) is 39.1 Å². The van der Waals surface area contributed by atoms with Crippen LogP contribution >= 0.6 is 0 Å². The maximum Gasteiger partial charge on any atom is 0.0954 e. The number of methoxy groups -OCH3 is 1. The summed E-state index contributed by atoms with van der Waals surface area (Å²) in [4.78, 5) is 0. The number of hydrogen-bond acceptors (Lipinski definition) is 5. The van der Waals surface area contributed by atoms with Crippen molar-refractivity contribution < 1.29 is 19.3 Å². The average Bonchev–Trinajstić information content (AvgIpc) is 2.16. The van der Waals surface area contributed by atoms with Gasteiger partial charge in [0.15, 0.2) is 0 Å². The molecule has 0 heterocycles. The molecular weight excluding hydrogens is 186 g/mol. The summed E-state index contributed by atoms with van der Waals surface area (Å²) in [6.07, 6.45) is -0.305. The number of nitrogens with two attached hydrogens (primary N) is 1. The van der Waals surface area contributed by atoms with Gasteiger partial charge in [-0.2, -0.15) is 0 Å². The molecule has 86 valence electrons. The van der Waals surface area contributed by atoms with Gasteiger partial charge in [0, 0.05) is 13.2 Å². The van der Waals surface area contributed by atoms with Crippen molar-refractivity contribution in [3.05, 3.63) is 0 Å². The number of aliphatic hydroxyl groups is 1. The zero-order valence-corrected chi connectivity index (χ0v) is 8.94. The quantitative estimate of drug-likeness (QED) is 0.493. The molecule has 0 aromatic rings. The summed E-state index contributed by atoms with van der Waals surface area (Å²) >= 11 is 0. The molecule has 5 nitrogen and oxygen atoms in total. The van der Waals surface area contributed by atoms with Gasteiger partial charge in [-0.15, -0.1) is 0 Å². The molecule has 5 heteroatoms. The van der Waals surface area contributed by atoms with Crippen LogP contribution < -0.4 is 5.73 Å². The summed E-state index contributed by atoms with van der Waals surface area (Å²) in [5.41, 5.74) is 5.56. The molecule has 0 fully saturated rings. The highest BCUT2D eigenvalue weighted by molar-refractivity contribution is 4.66. The summed E-state index contributed by atoms with van der Waals surface area (Å²) in [7, 11) is 1.62. The second-order valence-corrected chi connectivity index (χ2v) is 3.06. The molecule has 0 aliphatic carbocycles. The molecule has 2 atom stereocenters. The van der Waals surface area contributed by atoms with E-state index in [2.05, 4.69) is 0 Å². The van der Waals surface area contributed by atoms with Gasteiger partial charge in [-0.05, 0) is 6.92 Å². The second-order valence-electron chi connectivity index (χ2n) is 3.06. The van der Waals surface area contributed by atoms with Crippen molar-refractivity contribution >= 4 is 0 Å². The third-order valence-corrected chi connectivity index (χ3v) is 1.76. The fourth-order valence-corrected chi connectivity index (χ4v) is 0.873. The smallest absolute Gasteiger partial charge is 0.0954 e. The van der Waals surface area contributed by atoms with E-state index in [0.717, 1.165) is 0 Å². The van der Waals surface area contributed by atoms with Gasteiger partial charge in [0.25, 0.3) is 0 Å². The summed E-state index contributed by atoms with van der Waals surface area (Å²) in [5, 5.41) is 8.87. The summed E-state index contributed by atoms with van der Waals surface area (Å²) in [5.74, 6) is 0. The highest BCUT2D eigenvalue weighted by atomic mass is 16.5. The van der Waals surface area contributed by atoms with Crippen LogP contribution in [0.5, 0.6) is 0 Å². The van der Waals surface area contributed by atoms with Crippen LogP contribution in [0.2, 0.25) is 0 Å². The van der Waals surface area contributed by atoms with Crippen LogP contribution in [0, 0.1) is 0 Å². The Kier molecular flexibility index (Phi) is 9.23. The predicted octanol–water partition coefficient (Wildman–Crippen LogP) is -0.626. The minimum absolute atomic E-state index is 0.0598. The Labute approximate surface area is 85.1 Å². The molecule has 0 rings (SSSR count). The van der Waals surface area contributed by atoms with E-state index in [1.807, 2.05) is 0 Å². The fourth-order valence-electron chi connectivity index (χ4n) is 0.873. The van der Waals surface area contributed by atoms with Crippen LogP contribution in [-0.4, -0.2) is 57.4 Å². The van der Waals surface area contributed by atoms with Crippen molar-refractivity contribution in [2.75, 3.05) is 40.1 Å². The van der Waals surface area contributed by atoms with E-state index in [1.54, 1.807) is 14.0 Å². The Morgan fingerprint density at radius 3 is 2.36 bits per heavy atom. The van der Waals surface area contributed by atoms with Gasteiger partial charge in [-0.1, -0.05) is 0 Å². The van der Waals surface area contributed by atoms with Gasteiger partial charge >= 0.3 is 0 Å². The third-order valence-electron chi connectivity index (χ3n) is 1.76. The minimum Gasteiger partial charge on any atom is -0.394 e. The molecular formula is C9H21NO4. The number of ether oxygens (including phenoxy) is 3. The van der Waals surface area contributed by atoms with Crippen molar-refractivity contribution in [2.24, 2.45) is 5.73 Å². The zero-order valence-electron chi connectivity index (χ0n) is 8.94. The maximum absolute atomic E-state index is 8.87. The Morgan fingerprint density at radius 2 is 1.86 bits per heavy atom. The lowest BCUT2D eigenvalue weighted by Gasteiger charge is -2.18. The molecule has 0 saturated heterocycles. The standard InChI is InChI=1S/C9H21NO4/c1-8(10)9(7-11)14-6-5-13-4-3-12-2/h8-9,11H,3-7,10H2,1-2H3. The molecule has 2 unspecified atom stereocenters. The van der Waals surface area contributed by atoms with Gasteiger partial charge in [-0.3, -0.25) is 0 Å². The molecule has 0 aliphatic heterocycles. The lowest BCUT2D eigenvalue weighted by Crippen LogP contribution is -2.37. The van der Waals surface area contributed by atoms with Crippen LogP contribution in [0.3, 0.4) is 0 Å². The molecule has 0 aromatic heterocycles. The normalized spacial score (nSPS) is 15.4. The number of rotatable bonds is 9. The first-order chi connectivity index (χ1) is 6.72. The predicted molar refractivity (Wildman–Crippen MR) is 53.2 cm³/mol. The van der Waals surface area contributed by atoms with E-state index >= 15 is 0 Å². The van der Waals surface area contributed by atoms with Crippen molar-refractivity contribution in [3.8, 4) is 0 Å². The molecule has 0 radical (unpaired) electrons. The van der Waals surface area contributed by atoms with Crippen molar-refractivity contribution in [1.82, 2.24) is 0 Å². The Balaban J connectivity index is 3.25. The van der Waals surface area contributed by atoms with Gasteiger partial charge in [-0.25, -0.2) is 0 Å². The first kappa shape index (κ1) is 13.8. The number of aliphatic hydroxyl groups excluding tert-OH is 1. The Hall–Kier alpha value is -0.200. The largest absolute Gasteiger partial charge is 0.394 e. The van der Waals surface area contributed by atoms with Crippen molar-refractivity contribution in [2.45, 2.75) is 19.1 Å². The van der Waals surface area contributed by atoms with Crippen LogP contribution in [-0.2, 0) is 14.2 Å². The van der Waals surface area contributed by atoms with Gasteiger partial charge < -0.3 is 25.1 Å². The van der Waals surface area contributed by atoms with E-state index in [4.69, 9.17) is 25.1 Å². The first-order valence-electron chi connectivity index (χ1n) is 4.77. The van der Waals surface area contributed by atoms with E-state index in [0.29, 0.717) is 26.4 Å². The third kappa shape index (κ3) is 7.23. The van der Waals surface area contributed by atoms with Crippen molar-refractivity contribution in [3.63, 3.8) is 0 Å². The molecule has 0 aromatic carbocycles. The van der Waals surface area contributed by atoms with Crippen LogP contribution in [0.1, 0.15) is 6.92 Å². The highest BCUT2D eigenvalue weighted by Crippen LogP contribution is 1.95. The van der Waals surface area contributed by atoms with E-state index < -0.39 is 0 Å². The highest BCUT2D eigenvalue weighted by Gasteiger charge is 2.11. The summed E-state index contributed by atoms with van der Waals surface area (Å²) in [6, 6.07) is -0.168. The van der Waals surface area contributed by atoms with Crippen LogP contribution in [0.15, 0.2) is 0 Å². The van der Waals surface area contributed by atoms with E-state index in [9.17, 15) is 0 Å². The molecule has 0 saturated carbocycles. The monoisotopic (exact) mass is 207 g/mol. The molecule has 0 aliphatic rings. The lowest BCUT2D eigenvalue weighted by atomic mass is 10.2. The fraction of sp³-hybridized carbons (Fsp3) is 1.00. The summed E-state index contributed by atoms with van der Waals surface area (Å²) in [6.45, 7) is 3.81. The average molecular weight is 207 g/mol. The summed E-state index contributed by atoms with van der Waals surface area (Å²) < 4.78 is 15.3. The molecule has 0 spiro atoms. The first-order valence-corrected chi connectivity index (χ1v) is 4.77.